The molecule has 2 nitrogen and oxygen atoms in total. The third-order valence-corrected chi connectivity index (χ3v) is 7.22. The fourth-order valence-corrected chi connectivity index (χ4v) is 4.66. The zero-order valence-corrected chi connectivity index (χ0v) is 26.3. The molecule has 0 aliphatic carbocycles. The number of carbonyl (C=O) groups is 1. The Morgan fingerprint density at radius 1 is 0.436 bits per heavy atom. The lowest BCUT2D eigenvalue weighted by Gasteiger charge is -2.05. The smallest absolute Gasteiger partial charge is 0.305 e. The maximum atomic E-state index is 11.9. The van der Waals surface area contributed by atoms with Crippen LogP contribution >= 0.6 is 0 Å². The number of allylic oxidation sites excluding steroid dienone is 8. The second-order valence-corrected chi connectivity index (χ2v) is 11.2. The summed E-state index contributed by atoms with van der Waals surface area (Å²) in [7, 11) is 0. The summed E-state index contributed by atoms with van der Waals surface area (Å²) in [5.74, 6) is -0.0312. The summed E-state index contributed by atoms with van der Waals surface area (Å²) in [5, 5.41) is 0. The highest BCUT2D eigenvalue weighted by Crippen LogP contribution is 2.13. The molecule has 39 heavy (non-hydrogen) atoms. The fourth-order valence-electron chi connectivity index (χ4n) is 4.66. The van der Waals surface area contributed by atoms with Gasteiger partial charge in [0.2, 0.25) is 0 Å². The second-order valence-electron chi connectivity index (χ2n) is 11.2. The van der Waals surface area contributed by atoms with E-state index in [9.17, 15) is 4.79 Å². The molecule has 0 amide bonds. The van der Waals surface area contributed by atoms with Crippen LogP contribution in [0, 0.1) is 0 Å². The average Bonchev–Trinajstić information content (AvgIpc) is 2.94. The molecule has 0 rings (SSSR count). The highest BCUT2D eigenvalue weighted by molar-refractivity contribution is 5.69. The summed E-state index contributed by atoms with van der Waals surface area (Å²) in [5.41, 5.74) is 0. The van der Waals surface area contributed by atoms with Gasteiger partial charge < -0.3 is 4.74 Å². The molecule has 0 aromatic carbocycles. The largest absolute Gasteiger partial charge is 0.466 e. The van der Waals surface area contributed by atoms with E-state index < -0.39 is 0 Å². The molecule has 0 heterocycles. The molecule has 0 radical (unpaired) electrons. The fraction of sp³-hybridized carbons (Fsp3) is 0.757. The first-order valence-corrected chi connectivity index (χ1v) is 17.1. The van der Waals surface area contributed by atoms with Crippen LogP contribution in [0.5, 0.6) is 0 Å². The molecule has 0 saturated heterocycles. The van der Waals surface area contributed by atoms with Crippen molar-refractivity contribution < 1.29 is 9.53 Å². The van der Waals surface area contributed by atoms with Gasteiger partial charge in [-0.15, -0.1) is 0 Å². The Bertz CT molecular complexity index is 599. The third kappa shape index (κ3) is 34.4. The van der Waals surface area contributed by atoms with Crippen molar-refractivity contribution in [3.63, 3.8) is 0 Å². The van der Waals surface area contributed by atoms with E-state index in [1.54, 1.807) is 0 Å². The van der Waals surface area contributed by atoms with Crippen molar-refractivity contribution >= 4 is 5.97 Å². The molecule has 0 N–H and O–H groups in total. The van der Waals surface area contributed by atoms with Gasteiger partial charge in [-0.1, -0.05) is 165 Å². The highest BCUT2D eigenvalue weighted by atomic mass is 16.5. The quantitative estimate of drug-likeness (QED) is 0.0512. The number of hydrogen-bond acceptors (Lipinski definition) is 2. The van der Waals surface area contributed by atoms with E-state index in [0.717, 1.165) is 38.5 Å². The molecule has 0 unspecified atom stereocenters. The van der Waals surface area contributed by atoms with Gasteiger partial charge in [-0.2, -0.15) is 0 Å². The molecule has 226 valence electrons. The second kappa shape index (κ2) is 34.5. The summed E-state index contributed by atoms with van der Waals surface area (Å²) in [6.45, 7) is 5.13. The van der Waals surface area contributed by atoms with Crippen molar-refractivity contribution in [3.05, 3.63) is 48.6 Å². The van der Waals surface area contributed by atoms with Gasteiger partial charge >= 0.3 is 5.97 Å². The lowest BCUT2D eigenvalue weighted by molar-refractivity contribution is -0.143. The van der Waals surface area contributed by atoms with Crippen molar-refractivity contribution in [1.29, 1.82) is 0 Å². The Hall–Kier alpha value is -1.57. The molecule has 0 aromatic rings. The Labute approximate surface area is 244 Å². The Morgan fingerprint density at radius 3 is 1.26 bits per heavy atom. The zero-order chi connectivity index (χ0) is 28.3. The van der Waals surface area contributed by atoms with Gasteiger partial charge in [-0.25, -0.2) is 0 Å². The van der Waals surface area contributed by atoms with Crippen molar-refractivity contribution in [2.45, 2.75) is 174 Å². The van der Waals surface area contributed by atoms with Gasteiger partial charge in [0.1, 0.15) is 0 Å². The Morgan fingerprint density at radius 2 is 0.795 bits per heavy atom. The molecular weight excluding hydrogens is 476 g/mol. The van der Waals surface area contributed by atoms with E-state index in [1.807, 2.05) is 0 Å². The monoisotopic (exact) mass is 543 g/mol. The molecular formula is C37H66O2. The SMILES string of the molecule is CCCCCC=CCC=CCC=CCC=CCCCC(=O)OCCCCCCCCCCCCCCCCC. The molecule has 2 heteroatoms. The summed E-state index contributed by atoms with van der Waals surface area (Å²) in [4.78, 5) is 11.9. The Balaban J connectivity index is 3.34. The first kappa shape index (κ1) is 37.4. The van der Waals surface area contributed by atoms with E-state index in [-0.39, 0.29) is 5.97 Å². The first-order chi connectivity index (χ1) is 19.3. The molecule has 0 atom stereocenters. The lowest BCUT2D eigenvalue weighted by atomic mass is 10.0. The zero-order valence-electron chi connectivity index (χ0n) is 26.3. The summed E-state index contributed by atoms with van der Waals surface area (Å²) < 4.78 is 5.40. The summed E-state index contributed by atoms with van der Waals surface area (Å²) >= 11 is 0. The van der Waals surface area contributed by atoms with Crippen molar-refractivity contribution in [2.24, 2.45) is 0 Å². The number of carbonyl (C=O) groups excluding carboxylic acids is 1. The van der Waals surface area contributed by atoms with Crippen molar-refractivity contribution in [3.8, 4) is 0 Å². The predicted octanol–water partition coefficient (Wildman–Crippen LogP) is 12.5. The van der Waals surface area contributed by atoms with E-state index in [1.165, 1.54) is 116 Å². The average molecular weight is 543 g/mol. The molecule has 0 aliphatic rings. The van der Waals surface area contributed by atoms with Crippen LogP contribution in [0.2, 0.25) is 0 Å². The van der Waals surface area contributed by atoms with Crippen molar-refractivity contribution in [1.82, 2.24) is 0 Å². The summed E-state index contributed by atoms with van der Waals surface area (Å²) in [6.07, 6.45) is 48.8. The number of hydrogen-bond donors (Lipinski definition) is 0. The van der Waals surface area contributed by atoms with Gasteiger partial charge in [0.05, 0.1) is 6.61 Å². The standard InChI is InChI=1S/C37H66O2/c1-3-5-7-9-11-13-15-17-19-20-21-23-25-27-29-31-33-35-37(38)39-36-34-32-30-28-26-24-22-18-16-14-12-10-8-6-4-2/h11,13,17,19,21,23,27,29H,3-10,12,14-16,18,20,22,24-26,28,30-36H2,1-2H3. The minimum absolute atomic E-state index is 0.0312. The van der Waals surface area contributed by atoms with Gasteiger partial charge in [-0.05, 0) is 51.4 Å². The van der Waals surface area contributed by atoms with E-state index in [0.29, 0.717) is 13.0 Å². The van der Waals surface area contributed by atoms with Crippen LogP contribution in [-0.4, -0.2) is 12.6 Å². The van der Waals surface area contributed by atoms with Crippen molar-refractivity contribution in [2.75, 3.05) is 6.61 Å². The van der Waals surface area contributed by atoms with Gasteiger partial charge in [0.15, 0.2) is 0 Å². The van der Waals surface area contributed by atoms with Crippen LogP contribution in [0.15, 0.2) is 48.6 Å². The maximum absolute atomic E-state index is 11.9. The minimum atomic E-state index is -0.0312. The van der Waals surface area contributed by atoms with Crippen LogP contribution in [0.1, 0.15) is 174 Å². The predicted molar refractivity (Wildman–Crippen MR) is 174 cm³/mol. The van der Waals surface area contributed by atoms with E-state index >= 15 is 0 Å². The molecule has 0 aromatic heterocycles. The van der Waals surface area contributed by atoms with Crippen LogP contribution < -0.4 is 0 Å². The number of esters is 1. The molecule has 0 fully saturated rings. The molecule has 0 spiro atoms. The van der Waals surface area contributed by atoms with Crippen LogP contribution in [0.4, 0.5) is 0 Å². The molecule has 0 saturated carbocycles. The first-order valence-electron chi connectivity index (χ1n) is 17.1. The maximum Gasteiger partial charge on any atom is 0.305 e. The van der Waals surface area contributed by atoms with Gasteiger partial charge in [0, 0.05) is 6.42 Å². The summed E-state index contributed by atoms with van der Waals surface area (Å²) in [6, 6.07) is 0. The number of unbranched alkanes of at least 4 members (excludes halogenated alkanes) is 18. The van der Waals surface area contributed by atoms with Gasteiger partial charge in [-0.3, -0.25) is 4.79 Å². The van der Waals surface area contributed by atoms with Gasteiger partial charge in [0.25, 0.3) is 0 Å². The van der Waals surface area contributed by atoms with Crippen LogP contribution in [0.25, 0.3) is 0 Å². The minimum Gasteiger partial charge on any atom is -0.466 e. The van der Waals surface area contributed by atoms with Crippen LogP contribution in [0.3, 0.4) is 0 Å². The number of ether oxygens (including phenoxy) is 1. The normalized spacial score (nSPS) is 12.2. The van der Waals surface area contributed by atoms with E-state index in [2.05, 4.69) is 62.5 Å². The topological polar surface area (TPSA) is 26.3 Å². The Kier molecular flexibility index (Phi) is 33.1. The lowest BCUT2D eigenvalue weighted by Crippen LogP contribution is -2.05. The highest BCUT2D eigenvalue weighted by Gasteiger charge is 2.01. The van der Waals surface area contributed by atoms with E-state index in [4.69, 9.17) is 4.74 Å². The molecule has 0 aliphatic heterocycles. The number of rotatable bonds is 30. The third-order valence-electron chi connectivity index (χ3n) is 7.22. The molecule has 0 bridgehead atoms. The van der Waals surface area contributed by atoms with Crippen LogP contribution in [-0.2, 0) is 9.53 Å².